The van der Waals surface area contributed by atoms with Gasteiger partial charge in [-0.1, -0.05) is 29.2 Å². The van der Waals surface area contributed by atoms with E-state index in [4.69, 9.17) is 0 Å². The summed E-state index contributed by atoms with van der Waals surface area (Å²) < 4.78 is 35.0. The lowest BCUT2D eigenvalue weighted by Gasteiger charge is -2.17. The maximum atomic E-state index is 11.1. The standard InChI is InChI=1S/C21H19N4O4S2.C2H6O4S/c1-3-22-16-10-8-14(24(26)27)12-18(16)30-20(22)6-5-7-21-23(4-2)17-11-9-15(25(28)29)13-19(17)31-21;1-2-6-7(3,4)5/h5-13H,3-4H2,1-2H3;2H2,1H3,(H,3,4,5)/q+1;/p-1. The summed E-state index contributed by atoms with van der Waals surface area (Å²) in [6.07, 6.45) is 5.94. The highest BCUT2D eigenvalue weighted by molar-refractivity contribution is 8.03. The quantitative estimate of drug-likeness (QED) is 0.117. The normalized spacial score (nSPS) is 14.1. The number of anilines is 1. The van der Waals surface area contributed by atoms with E-state index in [2.05, 4.69) is 13.7 Å². The molecule has 38 heavy (non-hydrogen) atoms. The zero-order chi connectivity index (χ0) is 28.0. The molecule has 0 saturated carbocycles. The van der Waals surface area contributed by atoms with Crippen LogP contribution in [0.3, 0.4) is 0 Å². The van der Waals surface area contributed by atoms with Crippen molar-refractivity contribution in [2.24, 2.45) is 0 Å². The summed E-state index contributed by atoms with van der Waals surface area (Å²) in [5, 5.41) is 24.1. The van der Waals surface area contributed by atoms with Crippen molar-refractivity contribution in [2.75, 3.05) is 18.1 Å². The van der Waals surface area contributed by atoms with Crippen LogP contribution in [0.2, 0.25) is 0 Å². The van der Waals surface area contributed by atoms with Gasteiger partial charge in [-0.05, 0) is 32.9 Å². The molecule has 3 aromatic rings. The molecule has 1 aliphatic rings. The minimum absolute atomic E-state index is 0.0856. The van der Waals surface area contributed by atoms with Crippen LogP contribution in [0.5, 0.6) is 0 Å². The zero-order valence-electron chi connectivity index (χ0n) is 20.6. The van der Waals surface area contributed by atoms with E-state index in [9.17, 15) is 33.2 Å². The molecular weight excluding hydrogens is 556 g/mol. The van der Waals surface area contributed by atoms with Gasteiger partial charge in [0.1, 0.15) is 11.2 Å². The van der Waals surface area contributed by atoms with E-state index >= 15 is 0 Å². The highest BCUT2D eigenvalue weighted by Crippen LogP contribution is 2.47. The maximum absolute atomic E-state index is 11.1. The predicted molar refractivity (Wildman–Crippen MR) is 145 cm³/mol. The highest BCUT2D eigenvalue weighted by atomic mass is 32.3. The van der Waals surface area contributed by atoms with Crippen molar-refractivity contribution in [3.8, 4) is 0 Å². The molecule has 0 N–H and O–H groups in total. The Kier molecular flexibility index (Phi) is 9.56. The van der Waals surface area contributed by atoms with Gasteiger partial charge < -0.3 is 9.45 Å². The number of rotatable bonds is 8. The van der Waals surface area contributed by atoms with Crippen molar-refractivity contribution in [1.29, 1.82) is 0 Å². The Hall–Kier alpha value is -3.37. The molecule has 0 aliphatic carbocycles. The Morgan fingerprint density at radius 1 is 1.05 bits per heavy atom. The average molecular weight is 581 g/mol. The highest BCUT2D eigenvalue weighted by Gasteiger charge is 2.26. The molecule has 0 atom stereocenters. The molecule has 0 spiro atoms. The third kappa shape index (κ3) is 6.93. The van der Waals surface area contributed by atoms with E-state index in [0.29, 0.717) is 0 Å². The van der Waals surface area contributed by atoms with Crippen LogP contribution in [-0.4, -0.2) is 36.0 Å². The third-order valence-corrected chi connectivity index (χ3v) is 7.97. The number of hydrogen-bond acceptors (Lipinski definition) is 11. The molecule has 12 nitrogen and oxygen atoms in total. The van der Waals surface area contributed by atoms with Gasteiger partial charge in [0, 0.05) is 47.8 Å². The van der Waals surface area contributed by atoms with Crippen LogP contribution in [0, 0.1) is 20.2 Å². The van der Waals surface area contributed by atoms with Gasteiger partial charge in [-0.25, -0.2) is 8.42 Å². The maximum Gasteiger partial charge on any atom is 0.271 e. The molecule has 0 amide bonds. The fourth-order valence-corrected chi connectivity index (χ4v) is 6.31. The molecule has 4 rings (SSSR count). The summed E-state index contributed by atoms with van der Waals surface area (Å²) >= 11 is 3.02. The Bertz CT molecular complexity index is 1530. The molecule has 1 aromatic heterocycles. The molecule has 2 aromatic carbocycles. The Balaban J connectivity index is 0.000000505. The average Bonchev–Trinajstić information content (AvgIpc) is 3.39. The number of nitro benzene ring substituents is 2. The number of aryl methyl sites for hydroxylation is 1. The van der Waals surface area contributed by atoms with Crippen LogP contribution >= 0.6 is 23.1 Å². The number of fused-ring (bicyclic) bond motifs is 2. The van der Waals surface area contributed by atoms with Crippen molar-refractivity contribution in [3.05, 3.63) is 78.8 Å². The van der Waals surface area contributed by atoms with Crippen molar-refractivity contribution in [2.45, 2.75) is 32.2 Å². The second kappa shape index (κ2) is 12.4. The Labute approximate surface area is 227 Å². The molecule has 202 valence electrons. The fraction of sp³-hybridized carbons (Fsp3) is 0.261. The van der Waals surface area contributed by atoms with Gasteiger partial charge in [0.25, 0.3) is 16.4 Å². The SMILES string of the molecule is CCN1C(=CC=Cc2sc3cc([N+](=O)[O-])ccc3[n+]2CC)Sc2cc([N+](=O)[O-])ccc21.CCOS(=O)(=O)[O-]. The monoisotopic (exact) mass is 580 g/mol. The fourth-order valence-electron chi connectivity index (χ4n) is 3.67. The van der Waals surface area contributed by atoms with Crippen molar-refractivity contribution >= 4 is 66.9 Å². The molecular formula is C23H24N4O8S3. The van der Waals surface area contributed by atoms with Gasteiger partial charge in [-0.2, -0.15) is 4.57 Å². The van der Waals surface area contributed by atoms with Gasteiger partial charge in [0.05, 0.1) is 27.2 Å². The van der Waals surface area contributed by atoms with Gasteiger partial charge >= 0.3 is 0 Å². The number of thiazole rings is 1. The lowest BCUT2D eigenvalue weighted by Crippen LogP contribution is -2.33. The minimum Gasteiger partial charge on any atom is -0.726 e. The molecule has 0 saturated heterocycles. The number of nitrogens with zero attached hydrogens (tertiary/aromatic N) is 4. The zero-order valence-corrected chi connectivity index (χ0v) is 23.0. The molecule has 1 aliphatic heterocycles. The topological polar surface area (TPSA) is 160 Å². The van der Waals surface area contributed by atoms with E-state index in [1.807, 2.05) is 32.1 Å². The van der Waals surface area contributed by atoms with E-state index in [1.54, 1.807) is 24.3 Å². The second-order valence-electron chi connectivity index (χ2n) is 7.53. The van der Waals surface area contributed by atoms with Crippen molar-refractivity contribution in [1.82, 2.24) is 0 Å². The second-order valence-corrected chi connectivity index (χ2v) is 10.7. The summed E-state index contributed by atoms with van der Waals surface area (Å²) in [6.45, 7) is 6.91. The molecule has 15 heteroatoms. The smallest absolute Gasteiger partial charge is 0.271 e. The van der Waals surface area contributed by atoms with E-state index in [0.717, 1.165) is 43.9 Å². The molecule has 0 bridgehead atoms. The summed E-state index contributed by atoms with van der Waals surface area (Å²) in [6, 6.07) is 9.86. The number of benzene rings is 2. The third-order valence-electron chi connectivity index (χ3n) is 5.22. The van der Waals surface area contributed by atoms with Gasteiger partial charge in [-0.15, -0.1) is 0 Å². The minimum atomic E-state index is -4.42. The summed E-state index contributed by atoms with van der Waals surface area (Å²) in [7, 11) is -4.42. The number of hydrogen-bond donors (Lipinski definition) is 0. The van der Waals surface area contributed by atoms with Crippen LogP contribution in [0.4, 0.5) is 17.1 Å². The molecule has 0 radical (unpaired) electrons. The Morgan fingerprint density at radius 3 is 2.26 bits per heavy atom. The molecule has 2 heterocycles. The molecule has 0 fully saturated rings. The van der Waals surface area contributed by atoms with Crippen molar-refractivity contribution < 1.29 is 31.6 Å². The largest absolute Gasteiger partial charge is 0.726 e. The number of aromatic nitrogens is 1. The number of allylic oxidation sites excluding steroid dienone is 2. The van der Waals surface area contributed by atoms with Crippen LogP contribution < -0.4 is 9.47 Å². The van der Waals surface area contributed by atoms with Gasteiger partial charge in [-0.3, -0.25) is 24.4 Å². The van der Waals surface area contributed by atoms with Crippen LogP contribution in [0.1, 0.15) is 25.8 Å². The van der Waals surface area contributed by atoms with E-state index in [-0.39, 0.29) is 27.8 Å². The number of non-ortho nitro benzene ring substituents is 2. The van der Waals surface area contributed by atoms with Crippen molar-refractivity contribution in [3.63, 3.8) is 0 Å². The van der Waals surface area contributed by atoms with Crippen LogP contribution in [0.25, 0.3) is 16.3 Å². The summed E-state index contributed by atoms with van der Waals surface area (Å²) in [5.41, 5.74) is 2.11. The number of thioether (sulfide) groups is 1. The summed E-state index contributed by atoms with van der Waals surface area (Å²) in [5.74, 6) is 0. The Morgan fingerprint density at radius 2 is 1.71 bits per heavy atom. The van der Waals surface area contributed by atoms with Crippen LogP contribution in [-0.2, 0) is 21.1 Å². The lowest BCUT2D eigenvalue weighted by molar-refractivity contribution is -0.665. The van der Waals surface area contributed by atoms with Gasteiger partial charge in [0.15, 0.2) is 0 Å². The first kappa shape index (κ1) is 29.2. The first-order chi connectivity index (χ1) is 18.0. The van der Waals surface area contributed by atoms with Gasteiger partial charge in [0.2, 0.25) is 15.9 Å². The lowest BCUT2D eigenvalue weighted by atomic mass is 10.2. The van der Waals surface area contributed by atoms with E-state index in [1.165, 1.54) is 42.2 Å². The van der Waals surface area contributed by atoms with Crippen LogP contribution in [0.15, 0.2) is 58.5 Å². The van der Waals surface area contributed by atoms with E-state index < -0.39 is 10.4 Å². The first-order valence-electron chi connectivity index (χ1n) is 11.3. The first-order valence-corrected chi connectivity index (χ1v) is 14.3. The molecule has 0 unspecified atom stereocenters. The predicted octanol–water partition coefficient (Wildman–Crippen LogP) is 5.00. The summed E-state index contributed by atoms with van der Waals surface area (Å²) in [4.78, 5) is 24.4. The number of nitro groups is 2.